The van der Waals surface area contributed by atoms with Crippen LogP contribution in [0.15, 0.2) is 53.6 Å². The van der Waals surface area contributed by atoms with Crippen LogP contribution in [-0.2, 0) is 0 Å². The average Bonchev–Trinajstić information content (AvgIpc) is 2.50. The Balaban J connectivity index is 1.85. The van der Waals surface area contributed by atoms with Gasteiger partial charge in [0.25, 0.3) is 0 Å². The summed E-state index contributed by atoms with van der Waals surface area (Å²) in [5.74, 6) is 0.382. The molecule has 5 nitrogen and oxygen atoms in total. The quantitative estimate of drug-likeness (QED) is 0.670. The lowest BCUT2D eigenvalue weighted by Gasteiger charge is -2.03. The van der Waals surface area contributed by atoms with Crippen LogP contribution in [0.1, 0.15) is 5.56 Å². The van der Waals surface area contributed by atoms with Gasteiger partial charge in [-0.3, -0.25) is 0 Å². The second-order valence-electron chi connectivity index (χ2n) is 4.10. The number of anilines is 1. The Morgan fingerprint density at radius 3 is 2.43 bits per heavy atom. The monoisotopic (exact) mass is 287 g/mol. The van der Waals surface area contributed by atoms with Crippen LogP contribution >= 0.6 is 0 Å². The molecular weight excluding hydrogens is 273 g/mol. The van der Waals surface area contributed by atoms with Crippen LogP contribution in [0.25, 0.3) is 0 Å². The molecule has 0 saturated heterocycles. The zero-order chi connectivity index (χ0) is 15.1. The molecule has 21 heavy (non-hydrogen) atoms. The van der Waals surface area contributed by atoms with Gasteiger partial charge >= 0.3 is 6.03 Å². The van der Waals surface area contributed by atoms with Crippen LogP contribution in [0.2, 0.25) is 0 Å². The zero-order valence-electron chi connectivity index (χ0n) is 11.3. The summed E-state index contributed by atoms with van der Waals surface area (Å²) in [7, 11) is 1.59. The molecule has 2 aromatic carbocycles. The number of nitrogens with zero attached hydrogens (tertiary/aromatic N) is 1. The molecule has 0 aliphatic rings. The molecule has 0 radical (unpaired) electrons. The SMILES string of the molecule is COc1ccc(/C=N/NC(=O)Nc2ccc(F)cc2)cc1. The van der Waals surface area contributed by atoms with E-state index < -0.39 is 6.03 Å². The number of methoxy groups -OCH3 is 1. The minimum Gasteiger partial charge on any atom is -0.497 e. The van der Waals surface area contributed by atoms with Crippen molar-refractivity contribution in [1.82, 2.24) is 5.43 Å². The van der Waals surface area contributed by atoms with Gasteiger partial charge in [-0.05, 0) is 54.1 Å². The maximum absolute atomic E-state index is 12.7. The predicted molar refractivity (Wildman–Crippen MR) is 79.1 cm³/mol. The van der Waals surface area contributed by atoms with Crippen LogP contribution in [0.5, 0.6) is 5.75 Å². The fourth-order valence-electron chi connectivity index (χ4n) is 1.55. The Morgan fingerprint density at radius 1 is 1.14 bits per heavy atom. The zero-order valence-corrected chi connectivity index (χ0v) is 11.3. The highest BCUT2D eigenvalue weighted by Crippen LogP contribution is 2.10. The van der Waals surface area contributed by atoms with Gasteiger partial charge in [-0.2, -0.15) is 5.10 Å². The molecule has 0 bridgehead atoms. The van der Waals surface area contributed by atoms with Crippen molar-refractivity contribution in [2.24, 2.45) is 5.10 Å². The lowest BCUT2D eigenvalue weighted by atomic mass is 10.2. The first-order valence-electron chi connectivity index (χ1n) is 6.17. The molecule has 0 aliphatic carbocycles. The fourth-order valence-corrected chi connectivity index (χ4v) is 1.55. The number of urea groups is 1. The van der Waals surface area contributed by atoms with Gasteiger partial charge in [0.05, 0.1) is 13.3 Å². The van der Waals surface area contributed by atoms with Crippen LogP contribution in [-0.4, -0.2) is 19.4 Å². The molecule has 0 fully saturated rings. The van der Waals surface area contributed by atoms with Crippen molar-refractivity contribution in [3.8, 4) is 5.75 Å². The standard InChI is InChI=1S/C15H14FN3O2/c1-21-14-8-2-11(3-9-14)10-17-19-15(20)18-13-6-4-12(16)5-7-13/h2-10H,1H3,(H2,18,19,20)/b17-10+. The highest BCUT2D eigenvalue weighted by atomic mass is 19.1. The third kappa shape index (κ3) is 4.61. The van der Waals surface area contributed by atoms with Gasteiger partial charge in [0, 0.05) is 5.69 Å². The molecule has 2 N–H and O–H groups in total. The number of hydrogen-bond acceptors (Lipinski definition) is 3. The van der Waals surface area contributed by atoms with E-state index in [1.54, 1.807) is 19.2 Å². The maximum Gasteiger partial charge on any atom is 0.339 e. The van der Waals surface area contributed by atoms with Crippen molar-refractivity contribution < 1.29 is 13.9 Å². The van der Waals surface area contributed by atoms with Crippen molar-refractivity contribution in [3.63, 3.8) is 0 Å². The number of carbonyl (C=O) groups is 1. The molecule has 0 spiro atoms. The van der Waals surface area contributed by atoms with Gasteiger partial charge < -0.3 is 10.1 Å². The van der Waals surface area contributed by atoms with Crippen LogP contribution in [0.4, 0.5) is 14.9 Å². The molecular formula is C15H14FN3O2. The molecule has 2 aromatic rings. The number of ether oxygens (including phenoxy) is 1. The van der Waals surface area contributed by atoms with Gasteiger partial charge in [0.2, 0.25) is 0 Å². The smallest absolute Gasteiger partial charge is 0.339 e. The topological polar surface area (TPSA) is 62.7 Å². The number of nitrogens with one attached hydrogen (secondary N) is 2. The summed E-state index contributed by atoms with van der Waals surface area (Å²) >= 11 is 0. The fraction of sp³-hybridized carbons (Fsp3) is 0.0667. The number of halogens is 1. The van der Waals surface area contributed by atoms with Crippen molar-refractivity contribution in [2.75, 3.05) is 12.4 Å². The number of carbonyl (C=O) groups excluding carboxylic acids is 1. The van der Waals surface area contributed by atoms with Crippen LogP contribution in [0, 0.1) is 5.82 Å². The van der Waals surface area contributed by atoms with E-state index in [0.29, 0.717) is 5.69 Å². The molecule has 2 amide bonds. The molecule has 0 unspecified atom stereocenters. The first-order valence-corrected chi connectivity index (χ1v) is 6.17. The van der Waals surface area contributed by atoms with Gasteiger partial charge in [-0.1, -0.05) is 0 Å². The summed E-state index contributed by atoms with van der Waals surface area (Å²) in [6.45, 7) is 0. The second kappa shape index (κ2) is 7.04. The minimum absolute atomic E-state index is 0.363. The molecule has 0 aromatic heterocycles. The molecule has 0 saturated carbocycles. The number of hydrogen-bond donors (Lipinski definition) is 2. The highest BCUT2D eigenvalue weighted by molar-refractivity contribution is 5.90. The first kappa shape index (κ1) is 14.5. The summed E-state index contributed by atoms with van der Waals surface area (Å²) in [5.41, 5.74) is 3.61. The van der Waals surface area contributed by atoms with Crippen molar-refractivity contribution in [1.29, 1.82) is 0 Å². The number of rotatable bonds is 4. The number of benzene rings is 2. The summed E-state index contributed by atoms with van der Waals surface area (Å²) in [6.07, 6.45) is 1.50. The number of hydrazone groups is 1. The lowest BCUT2D eigenvalue weighted by Crippen LogP contribution is -2.24. The van der Waals surface area contributed by atoms with Gasteiger partial charge in [-0.25, -0.2) is 14.6 Å². The van der Waals surface area contributed by atoms with Crippen molar-refractivity contribution >= 4 is 17.9 Å². The Hall–Kier alpha value is -2.89. The molecule has 108 valence electrons. The summed E-state index contributed by atoms with van der Waals surface area (Å²) < 4.78 is 17.7. The maximum atomic E-state index is 12.7. The number of amides is 2. The second-order valence-corrected chi connectivity index (χ2v) is 4.10. The third-order valence-corrected chi connectivity index (χ3v) is 2.60. The van der Waals surface area contributed by atoms with E-state index in [1.807, 2.05) is 12.1 Å². The average molecular weight is 287 g/mol. The van der Waals surface area contributed by atoms with E-state index in [9.17, 15) is 9.18 Å². The van der Waals surface area contributed by atoms with Crippen molar-refractivity contribution in [3.05, 3.63) is 59.9 Å². The summed E-state index contributed by atoms with van der Waals surface area (Å²) in [4.78, 5) is 11.5. The van der Waals surface area contributed by atoms with Crippen LogP contribution < -0.4 is 15.5 Å². The normalized spacial score (nSPS) is 10.4. The lowest BCUT2D eigenvalue weighted by molar-refractivity contribution is 0.252. The van der Waals surface area contributed by atoms with E-state index in [0.717, 1.165) is 11.3 Å². The molecule has 0 heterocycles. The molecule has 2 rings (SSSR count). The van der Waals surface area contributed by atoms with E-state index in [2.05, 4.69) is 15.8 Å². The van der Waals surface area contributed by atoms with E-state index in [-0.39, 0.29) is 5.82 Å². The third-order valence-electron chi connectivity index (χ3n) is 2.60. The summed E-state index contributed by atoms with van der Waals surface area (Å²) in [5, 5.41) is 6.33. The predicted octanol–water partition coefficient (Wildman–Crippen LogP) is 2.99. The van der Waals surface area contributed by atoms with Gasteiger partial charge in [0.15, 0.2) is 0 Å². The molecule has 6 heteroatoms. The van der Waals surface area contributed by atoms with E-state index in [1.165, 1.54) is 30.5 Å². The largest absolute Gasteiger partial charge is 0.497 e. The Morgan fingerprint density at radius 2 is 1.81 bits per heavy atom. The molecule has 0 atom stereocenters. The Labute approximate surface area is 121 Å². The van der Waals surface area contributed by atoms with E-state index in [4.69, 9.17) is 4.74 Å². The minimum atomic E-state index is -0.508. The Bertz CT molecular complexity index is 624. The highest BCUT2D eigenvalue weighted by Gasteiger charge is 1.99. The first-order chi connectivity index (χ1) is 10.2. The summed E-state index contributed by atoms with van der Waals surface area (Å²) in [6, 6.07) is 12.1. The van der Waals surface area contributed by atoms with E-state index >= 15 is 0 Å². The van der Waals surface area contributed by atoms with Gasteiger partial charge in [0.1, 0.15) is 11.6 Å². The van der Waals surface area contributed by atoms with Crippen LogP contribution in [0.3, 0.4) is 0 Å². The Kier molecular flexibility index (Phi) is 4.87. The van der Waals surface area contributed by atoms with Crippen molar-refractivity contribution in [2.45, 2.75) is 0 Å². The van der Waals surface area contributed by atoms with Gasteiger partial charge in [-0.15, -0.1) is 0 Å². The molecule has 0 aliphatic heterocycles.